The predicted molar refractivity (Wildman–Crippen MR) is 66.0 cm³/mol. The molecular weight excluding hydrogens is 224 g/mol. The smallest absolute Gasteiger partial charge is 0.135 e. The fourth-order valence-corrected chi connectivity index (χ4v) is 1.25. The van der Waals surface area contributed by atoms with Crippen LogP contribution < -0.4 is 4.74 Å². The molecule has 1 rings (SSSR count). The van der Waals surface area contributed by atoms with Crippen LogP contribution in [0.25, 0.3) is 0 Å². The zero-order valence-corrected chi connectivity index (χ0v) is 10.1. The normalized spacial score (nSPS) is 9.38. The molecule has 0 aromatic heterocycles. The first kappa shape index (κ1) is 12.9. The predicted octanol–water partition coefficient (Wildman–Crippen LogP) is 2.69. The van der Waals surface area contributed by atoms with Gasteiger partial charge in [-0.1, -0.05) is 24.0 Å². The molecule has 86 valence electrons. The van der Waals surface area contributed by atoms with E-state index in [2.05, 4.69) is 11.8 Å². The van der Waals surface area contributed by atoms with Crippen LogP contribution in [0.3, 0.4) is 0 Å². The summed E-state index contributed by atoms with van der Waals surface area (Å²) < 4.78 is 10.8. The van der Waals surface area contributed by atoms with Crippen molar-refractivity contribution in [3.63, 3.8) is 0 Å². The molecule has 0 amide bonds. The van der Waals surface area contributed by atoms with Crippen molar-refractivity contribution in [2.75, 3.05) is 25.7 Å². The van der Waals surface area contributed by atoms with Gasteiger partial charge in [-0.15, -0.1) is 11.6 Å². The van der Waals surface area contributed by atoms with Gasteiger partial charge in [0.15, 0.2) is 0 Å². The monoisotopic (exact) mass is 238 g/mol. The molecule has 0 fully saturated rings. The number of hydrogen-bond acceptors (Lipinski definition) is 2. The zero-order valence-electron chi connectivity index (χ0n) is 9.33. The van der Waals surface area contributed by atoms with Crippen LogP contribution in [0.4, 0.5) is 0 Å². The fourth-order valence-electron chi connectivity index (χ4n) is 1.18. The van der Waals surface area contributed by atoms with Crippen LogP contribution in [0.15, 0.2) is 24.3 Å². The van der Waals surface area contributed by atoms with Crippen molar-refractivity contribution in [2.45, 2.75) is 6.92 Å². The highest BCUT2D eigenvalue weighted by atomic mass is 35.5. The molecule has 0 saturated heterocycles. The summed E-state index contributed by atoms with van der Waals surface area (Å²) in [7, 11) is 0. The van der Waals surface area contributed by atoms with Crippen molar-refractivity contribution in [3.05, 3.63) is 29.8 Å². The highest BCUT2D eigenvalue weighted by Gasteiger charge is 1.99. The molecule has 16 heavy (non-hydrogen) atoms. The van der Waals surface area contributed by atoms with Crippen molar-refractivity contribution in [1.82, 2.24) is 0 Å². The van der Waals surface area contributed by atoms with Crippen LogP contribution >= 0.6 is 11.6 Å². The maximum atomic E-state index is 5.57. The zero-order chi connectivity index (χ0) is 11.6. The number of ether oxygens (including phenoxy) is 2. The first-order valence-electron chi connectivity index (χ1n) is 5.23. The molecule has 0 radical (unpaired) electrons. The Kier molecular flexibility index (Phi) is 6.48. The minimum Gasteiger partial charge on any atom is -0.490 e. The molecule has 0 aliphatic rings. The van der Waals surface area contributed by atoms with E-state index < -0.39 is 0 Å². The Morgan fingerprint density at radius 3 is 2.81 bits per heavy atom. The average molecular weight is 239 g/mol. The Morgan fingerprint density at radius 2 is 2.06 bits per heavy atom. The molecule has 0 unspecified atom stereocenters. The second-order valence-electron chi connectivity index (χ2n) is 2.98. The van der Waals surface area contributed by atoms with E-state index in [1.165, 1.54) is 0 Å². The van der Waals surface area contributed by atoms with Gasteiger partial charge >= 0.3 is 0 Å². The van der Waals surface area contributed by atoms with Gasteiger partial charge in [0.25, 0.3) is 0 Å². The third kappa shape index (κ3) is 4.57. The summed E-state index contributed by atoms with van der Waals surface area (Å²) in [6.07, 6.45) is 0. The molecular formula is C13H15ClO2. The number of para-hydroxylation sites is 1. The fraction of sp³-hybridized carbons (Fsp3) is 0.385. The molecule has 1 aromatic rings. The molecule has 0 heterocycles. The van der Waals surface area contributed by atoms with E-state index in [4.69, 9.17) is 21.1 Å². The van der Waals surface area contributed by atoms with Gasteiger partial charge in [-0.2, -0.15) is 0 Å². The van der Waals surface area contributed by atoms with Gasteiger partial charge in [0.1, 0.15) is 12.4 Å². The van der Waals surface area contributed by atoms with E-state index in [1.54, 1.807) is 0 Å². The molecule has 0 aliphatic heterocycles. The van der Waals surface area contributed by atoms with Crippen molar-refractivity contribution in [3.8, 4) is 17.6 Å². The van der Waals surface area contributed by atoms with Gasteiger partial charge in [0.05, 0.1) is 18.1 Å². The van der Waals surface area contributed by atoms with E-state index in [0.717, 1.165) is 11.3 Å². The molecule has 2 nitrogen and oxygen atoms in total. The van der Waals surface area contributed by atoms with Crippen molar-refractivity contribution in [1.29, 1.82) is 0 Å². The van der Waals surface area contributed by atoms with Crippen molar-refractivity contribution >= 4 is 11.6 Å². The van der Waals surface area contributed by atoms with Gasteiger partial charge in [-0.05, 0) is 19.1 Å². The summed E-state index contributed by atoms with van der Waals surface area (Å²) >= 11 is 5.51. The van der Waals surface area contributed by atoms with Gasteiger partial charge < -0.3 is 9.47 Å². The van der Waals surface area contributed by atoms with Gasteiger partial charge in [-0.3, -0.25) is 0 Å². The van der Waals surface area contributed by atoms with E-state index in [-0.39, 0.29) is 0 Å². The van der Waals surface area contributed by atoms with Crippen LogP contribution in [0.1, 0.15) is 12.5 Å². The van der Waals surface area contributed by atoms with Crippen LogP contribution in [0.2, 0.25) is 0 Å². The summed E-state index contributed by atoms with van der Waals surface area (Å²) in [6, 6.07) is 7.65. The number of hydrogen-bond donors (Lipinski definition) is 0. The first-order valence-corrected chi connectivity index (χ1v) is 5.76. The second kappa shape index (κ2) is 8.04. The molecule has 3 heteroatoms. The molecule has 0 aliphatic carbocycles. The summed E-state index contributed by atoms with van der Waals surface area (Å²) in [5, 5.41) is 0. The number of halogens is 1. The largest absolute Gasteiger partial charge is 0.490 e. The third-order valence-electron chi connectivity index (χ3n) is 1.87. The minimum atomic E-state index is 0.327. The van der Waals surface area contributed by atoms with E-state index >= 15 is 0 Å². The minimum absolute atomic E-state index is 0.327. The lowest BCUT2D eigenvalue weighted by Crippen LogP contribution is -2.07. The Labute approximate surface area is 102 Å². The lowest BCUT2D eigenvalue weighted by Gasteiger charge is -2.07. The maximum Gasteiger partial charge on any atom is 0.135 e. The first-order chi connectivity index (χ1) is 7.88. The lowest BCUT2D eigenvalue weighted by atomic mass is 10.2. The molecule has 1 aromatic carbocycles. The van der Waals surface area contributed by atoms with Crippen LogP contribution in [0.5, 0.6) is 5.75 Å². The molecule has 0 bridgehead atoms. The van der Waals surface area contributed by atoms with Crippen LogP contribution in [-0.2, 0) is 4.74 Å². The van der Waals surface area contributed by atoms with Crippen LogP contribution in [-0.4, -0.2) is 25.7 Å². The quantitative estimate of drug-likeness (QED) is 0.446. The Bertz CT molecular complexity index is 366. The highest BCUT2D eigenvalue weighted by molar-refractivity contribution is 6.19. The number of alkyl halides is 1. The topological polar surface area (TPSA) is 18.5 Å². The SMILES string of the molecule is CCOCCOc1ccccc1C#CCCl. The standard InChI is InChI=1S/C13H15ClO2/c1-2-15-10-11-16-13-8-4-3-6-12(13)7-5-9-14/h3-4,6,8H,2,9-11H2,1H3. The van der Waals surface area contributed by atoms with Crippen molar-refractivity contribution in [2.24, 2.45) is 0 Å². The molecule has 0 N–H and O–H groups in total. The van der Waals surface area contributed by atoms with E-state index in [1.807, 2.05) is 31.2 Å². The Morgan fingerprint density at radius 1 is 1.25 bits per heavy atom. The summed E-state index contributed by atoms with van der Waals surface area (Å²) in [5.41, 5.74) is 0.861. The van der Waals surface area contributed by atoms with Crippen LogP contribution in [0, 0.1) is 11.8 Å². The molecule has 0 saturated carbocycles. The Hall–Kier alpha value is -1.17. The Balaban J connectivity index is 2.57. The van der Waals surface area contributed by atoms with E-state index in [0.29, 0.717) is 25.7 Å². The average Bonchev–Trinajstić information content (AvgIpc) is 2.33. The summed E-state index contributed by atoms with van der Waals surface area (Å²) in [6.45, 7) is 3.79. The second-order valence-corrected chi connectivity index (χ2v) is 3.24. The molecule has 0 spiro atoms. The summed E-state index contributed by atoms with van der Waals surface area (Å²) in [5.74, 6) is 6.87. The van der Waals surface area contributed by atoms with E-state index in [9.17, 15) is 0 Å². The van der Waals surface area contributed by atoms with Gasteiger partial charge in [0, 0.05) is 6.61 Å². The third-order valence-corrected chi connectivity index (χ3v) is 2.00. The van der Waals surface area contributed by atoms with Gasteiger partial charge in [0.2, 0.25) is 0 Å². The number of benzene rings is 1. The number of rotatable bonds is 5. The van der Waals surface area contributed by atoms with Gasteiger partial charge in [-0.25, -0.2) is 0 Å². The molecule has 0 atom stereocenters. The van der Waals surface area contributed by atoms with Crippen molar-refractivity contribution < 1.29 is 9.47 Å². The lowest BCUT2D eigenvalue weighted by molar-refractivity contribution is 0.110. The summed E-state index contributed by atoms with van der Waals surface area (Å²) in [4.78, 5) is 0. The maximum absolute atomic E-state index is 5.57. The highest BCUT2D eigenvalue weighted by Crippen LogP contribution is 2.16.